The molecule has 0 saturated heterocycles. The van der Waals surface area contributed by atoms with Gasteiger partial charge >= 0.3 is 0 Å². The lowest BCUT2D eigenvalue weighted by atomic mass is 9.68. The molecule has 4 aliphatic rings. The van der Waals surface area contributed by atoms with E-state index in [0.29, 0.717) is 0 Å². The van der Waals surface area contributed by atoms with Crippen LogP contribution >= 0.6 is 0 Å². The minimum Gasteiger partial charge on any atom is -0.0788 e. The van der Waals surface area contributed by atoms with E-state index in [-0.39, 0.29) is 5.41 Å². The third kappa shape index (κ3) is 1.49. The maximum atomic E-state index is 2.52. The van der Waals surface area contributed by atoms with E-state index in [2.05, 4.69) is 72.8 Å². The summed E-state index contributed by atoms with van der Waals surface area (Å²) >= 11 is 0. The molecule has 0 atom stereocenters. The van der Waals surface area contributed by atoms with Crippen LogP contribution in [0, 0.1) is 0 Å². The quantitative estimate of drug-likeness (QED) is 0.541. The van der Waals surface area contributed by atoms with E-state index in [1.54, 1.807) is 0 Å². The van der Waals surface area contributed by atoms with Crippen LogP contribution in [0.4, 0.5) is 0 Å². The van der Waals surface area contributed by atoms with Gasteiger partial charge in [0.25, 0.3) is 0 Å². The number of allylic oxidation sites excluding steroid dienone is 8. The van der Waals surface area contributed by atoms with E-state index in [4.69, 9.17) is 0 Å². The first-order valence-electron chi connectivity index (χ1n) is 9.44. The second kappa shape index (κ2) is 4.73. The van der Waals surface area contributed by atoms with Crippen molar-refractivity contribution < 1.29 is 0 Å². The Bertz CT molecular complexity index is 954. The molecule has 0 unspecified atom stereocenters. The highest BCUT2D eigenvalue weighted by Crippen LogP contribution is 2.65. The van der Waals surface area contributed by atoms with Crippen LogP contribution in [0.25, 0.3) is 11.1 Å². The molecule has 0 heteroatoms. The second-order valence-corrected chi connectivity index (χ2v) is 7.47. The maximum Gasteiger partial charge on any atom is 0.0719 e. The monoisotopic (exact) mass is 320 g/mol. The molecule has 2 aromatic rings. The molecule has 0 radical (unpaired) electrons. The molecule has 0 fully saturated rings. The van der Waals surface area contributed by atoms with Gasteiger partial charge in [-0.05, 0) is 70.2 Å². The number of rotatable bonds is 0. The fourth-order valence-electron chi connectivity index (χ4n) is 5.53. The Kier molecular flexibility index (Phi) is 2.58. The SMILES string of the molecule is C1=C2C(=CCC1)C1(C3=CCCC=C3c3ccccc31)c1ccccc12. The number of hydrogen-bond acceptors (Lipinski definition) is 0. The smallest absolute Gasteiger partial charge is 0.0719 e. The van der Waals surface area contributed by atoms with Crippen molar-refractivity contribution in [3.8, 4) is 0 Å². The van der Waals surface area contributed by atoms with Crippen LogP contribution in [0.3, 0.4) is 0 Å². The summed E-state index contributed by atoms with van der Waals surface area (Å²) in [6.07, 6.45) is 14.6. The highest BCUT2D eigenvalue weighted by atomic mass is 14.6. The van der Waals surface area contributed by atoms with Gasteiger partial charge in [0.15, 0.2) is 0 Å². The molecule has 0 nitrogen and oxygen atoms in total. The van der Waals surface area contributed by atoms with Crippen molar-refractivity contribution in [2.45, 2.75) is 31.1 Å². The van der Waals surface area contributed by atoms with Gasteiger partial charge in [-0.15, -0.1) is 0 Å². The first kappa shape index (κ1) is 13.7. The summed E-state index contributed by atoms with van der Waals surface area (Å²) in [7, 11) is 0. The maximum absolute atomic E-state index is 2.52. The molecule has 1 spiro atoms. The van der Waals surface area contributed by atoms with Gasteiger partial charge in [-0.3, -0.25) is 0 Å². The third-order valence-corrected chi connectivity index (χ3v) is 6.36. The zero-order chi connectivity index (χ0) is 16.4. The average Bonchev–Trinajstić information content (AvgIpc) is 3.16. The minimum absolute atomic E-state index is 0.0777. The summed E-state index contributed by atoms with van der Waals surface area (Å²) in [6.45, 7) is 0. The van der Waals surface area contributed by atoms with Gasteiger partial charge in [-0.1, -0.05) is 72.8 Å². The van der Waals surface area contributed by atoms with E-state index in [9.17, 15) is 0 Å². The Labute approximate surface area is 148 Å². The van der Waals surface area contributed by atoms with Crippen LogP contribution in [0.2, 0.25) is 0 Å². The van der Waals surface area contributed by atoms with E-state index >= 15 is 0 Å². The van der Waals surface area contributed by atoms with Gasteiger partial charge in [0.2, 0.25) is 0 Å². The Morgan fingerprint density at radius 1 is 0.520 bits per heavy atom. The molecule has 0 saturated carbocycles. The van der Waals surface area contributed by atoms with Crippen LogP contribution in [-0.2, 0) is 5.41 Å². The predicted octanol–water partition coefficient (Wildman–Crippen LogP) is 6.21. The molecule has 0 aromatic heterocycles. The van der Waals surface area contributed by atoms with Gasteiger partial charge in [0, 0.05) is 0 Å². The van der Waals surface area contributed by atoms with Crippen LogP contribution < -0.4 is 0 Å². The van der Waals surface area contributed by atoms with Gasteiger partial charge < -0.3 is 0 Å². The Morgan fingerprint density at radius 2 is 0.960 bits per heavy atom. The van der Waals surface area contributed by atoms with E-state index in [0.717, 1.165) is 25.7 Å². The Balaban J connectivity index is 1.81. The van der Waals surface area contributed by atoms with E-state index < -0.39 is 0 Å². The Hall–Kier alpha value is -2.60. The number of hydrogen-bond donors (Lipinski definition) is 0. The van der Waals surface area contributed by atoms with Gasteiger partial charge in [0.1, 0.15) is 0 Å². The van der Waals surface area contributed by atoms with Crippen LogP contribution in [-0.4, -0.2) is 0 Å². The third-order valence-electron chi connectivity index (χ3n) is 6.36. The standard InChI is InChI=1S/C25H20/c1-5-13-21-17(9-1)18-10-2-6-14-22(18)25(21)23-15-7-3-11-19(23)20-12-4-8-16-24(20)25/h1,3,5,7,9-16H,2,4,6,8H2. The highest BCUT2D eigenvalue weighted by molar-refractivity contribution is 6.03. The zero-order valence-electron chi connectivity index (χ0n) is 14.3. The largest absolute Gasteiger partial charge is 0.0788 e. The fraction of sp³-hybridized carbons (Fsp3) is 0.200. The number of benzene rings is 2. The first-order chi connectivity index (χ1) is 12.4. The van der Waals surface area contributed by atoms with Crippen molar-refractivity contribution in [1.29, 1.82) is 0 Å². The van der Waals surface area contributed by atoms with Crippen molar-refractivity contribution in [3.05, 3.63) is 106 Å². The van der Waals surface area contributed by atoms with Crippen molar-refractivity contribution >= 4 is 11.1 Å². The molecule has 0 heterocycles. The molecule has 2 aromatic carbocycles. The summed E-state index contributed by atoms with van der Waals surface area (Å²) in [6, 6.07) is 18.2. The van der Waals surface area contributed by atoms with Crippen molar-refractivity contribution in [2.24, 2.45) is 0 Å². The normalized spacial score (nSPS) is 21.4. The van der Waals surface area contributed by atoms with E-state index in [1.165, 1.54) is 44.5 Å². The molecular formula is C25H20. The minimum atomic E-state index is -0.0777. The average molecular weight is 320 g/mol. The van der Waals surface area contributed by atoms with Crippen LogP contribution in [0.1, 0.15) is 47.9 Å². The molecule has 0 bridgehead atoms. The summed E-state index contributed by atoms with van der Waals surface area (Å²) < 4.78 is 0. The van der Waals surface area contributed by atoms with Gasteiger partial charge in [0.05, 0.1) is 5.41 Å². The first-order valence-corrected chi connectivity index (χ1v) is 9.44. The van der Waals surface area contributed by atoms with Crippen molar-refractivity contribution in [2.75, 3.05) is 0 Å². The molecule has 4 aliphatic carbocycles. The molecule has 25 heavy (non-hydrogen) atoms. The molecule has 0 N–H and O–H groups in total. The lowest BCUT2D eigenvalue weighted by molar-refractivity contribution is 0.772. The lowest BCUT2D eigenvalue weighted by Crippen LogP contribution is -2.26. The zero-order valence-corrected chi connectivity index (χ0v) is 14.3. The van der Waals surface area contributed by atoms with Gasteiger partial charge in [-0.2, -0.15) is 0 Å². The topological polar surface area (TPSA) is 0 Å². The summed E-state index contributed by atoms with van der Waals surface area (Å²) in [5.41, 5.74) is 11.8. The van der Waals surface area contributed by atoms with Gasteiger partial charge in [-0.25, -0.2) is 0 Å². The fourth-order valence-corrected chi connectivity index (χ4v) is 5.53. The Morgan fingerprint density at radius 3 is 1.48 bits per heavy atom. The predicted molar refractivity (Wildman–Crippen MR) is 104 cm³/mol. The van der Waals surface area contributed by atoms with Crippen molar-refractivity contribution in [1.82, 2.24) is 0 Å². The van der Waals surface area contributed by atoms with Crippen molar-refractivity contribution in [3.63, 3.8) is 0 Å². The molecule has 6 rings (SSSR count). The molecule has 0 aliphatic heterocycles. The van der Waals surface area contributed by atoms with Crippen LogP contribution in [0.5, 0.6) is 0 Å². The summed E-state index contributed by atoms with van der Waals surface area (Å²) in [4.78, 5) is 0. The number of fused-ring (bicyclic) bond motifs is 10. The lowest BCUT2D eigenvalue weighted by Gasteiger charge is -2.32. The van der Waals surface area contributed by atoms with E-state index in [1.807, 2.05) is 0 Å². The summed E-state index contributed by atoms with van der Waals surface area (Å²) in [5.74, 6) is 0. The molecule has 0 amide bonds. The molecular weight excluding hydrogens is 300 g/mol. The van der Waals surface area contributed by atoms with Crippen LogP contribution in [0.15, 0.2) is 84.0 Å². The summed E-state index contributed by atoms with van der Waals surface area (Å²) in [5, 5.41) is 0. The second-order valence-electron chi connectivity index (χ2n) is 7.47. The molecule has 120 valence electrons. The highest BCUT2D eigenvalue weighted by Gasteiger charge is 2.54.